The molecule has 0 spiro atoms. The van der Waals surface area contributed by atoms with Gasteiger partial charge in [0.2, 0.25) is 5.91 Å². The number of amides is 1. The highest BCUT2D eigenvalue weighted by Gasteiger charge is 2.38. The molecule has 0 saturated carbocycles. The second-order valence-corrected chi connectivity index (χ2v) is 7.48. The molecule has 2 heterocycles. The minimum absolute atomic E-state index is 0.0653. The molecule has 1 atom stereocenters. The lowest BCUT2D eigenvalue weighted by atomic mass is 10.1. The molecule has 1 saturated heterocycles. The highest BCUT2D eigenvalue weighted by molar-refractivity contribution is 5.96. The van der Waals surface area contributed by atoms with Crippen molar-refractivity contribution in [3.8, 4) is 0 Å². The Bertz CT molecular complexity index is 1170. The third kappa shape index (κ3) is 3.29. The molecule has 1 aliphatic heterocycles. The minimum atomic E-state index is -0.238. The number of para-hydroxylation sites is 3. The summed E-state index contributed by atoms with van der Waals surface area (Å²) in [5, 5.41) is 0. The Morgan fingerprint density at radius 2 is 1.69 bits per heavy atom. The van der Waals surface area contributed by atoms with Gasteiger partial charge in [0.05, 0.1) is 5.92 Å². The van der Waals surface area contributed by atoms with Crippen molar-refractivity contribution in [3.63, 3.8) is 0 Å². The molecule has 1 unspecified atom stereocenters. The number of carbonyl (C=O) groups is 1. The van der Waals surface area contributed by atoms with Crippen LogP contribution in [0.4, 0.5) is 10.1 Å². The third-order valence-corrected chi connectivity index (χ3v) is 5.58. The first-order valence-corrected chi connectivity index (χ1v) is 9.79. The number of carbonyl (C=O) groups excluding carboxylic acids is 1. The Hall–Kier alpha value is -3.47. The number of hydrogen-bond donors (Lipinski definition) is 1. The standard InChI is InChI=1S/C24H20FN3O/c25-19-12-10-17(11-13-19)15-28-22-9-5-4-8-21(22)26-24(28)18-14-23(29)27(16-18)20-6-2-1-3-7-20/h1-13,18H,14-16H2/p+1. The van der Waals surface area contributed by atoms with Crippen LogP contribution in [0.5, 0.6) is 0 Å². The molecule has 1 amide bonds. The number of benzene rings is 3. The van der Waals surface area contributed by atoms with E-state index in [0.29, 0.717) is 19.5 Å². The first kappa shape index (κ1) is 17.6. The minimum Gasteiger partial charge on any atom is -0.311 e. The predicted octanol–water partition coefficient (Wildman–Crippen LogP) is 4.16. The first-order valence-electron chi connectivity index (χ1n) is 9.79. The van der Waals surface area contributed by atoms with Crippen LogP contribution in [-0.2, 0) is 11.3 Å². The van der Waals surface area contributed by atoms with Gasteiger partial charge >= 0.3 is 0 Å². The van der Waals surface area contributed by atoms with Crippen molar-refractivity contribution in [2.45, 2.75) is 18.9 Å². The molecule has 0 bridgehead atoms. The number of imidazole rings is 1. The molecule has 0 radical (unpaired) electrons. The van der Waals surface area contributed by atoms with Gasteiger partial charge in [-0.15, -0.1) is 0 Å². The SMILES string of the molecule is O=C1CC(c2[nH]c3ccccc3[n+]2Cc2ccc(F)cc2)CN1c1ccccc1. The zero-order valence-electron chi connectivity index (χ0n) is 15.9. The van der Waals surface area contributed by atoms with E-state index < -0.39 is 0 Å². The summed E-state index contributed by atoms with van der Waals surface area (Å²) in [6.07, 6.45) is 0.463. The Labute approximate surface area is 168 Å². The number of fused-ring (bicyclic) bond motifs is 1. The summed E-state index contributed by atoms with van der Waals surface area (Å²) in [6, 6.07) is 24.5. The van der Waals surface area contributed by atoms with E-state index >= 15 is 0 Å². The zero-order valence-corrected chi connectivity index (χ0v) is 15.9. The van der Waals surface area contributed by atoms with Crippen molar-refractivity contribution in [1.29, 1.82) is 0 Å². The molecule has 144 valence electrons. The van der Waals surface area contributed by atoms with E-state index in [-0.39, 0.29) is 17.6 Å². The highest BCUT2D eigenvalue weighted by atomic mass is 19.1. The fourth-order valence-electron chi connectivity index (χ4n) is 4.16. The lowest BCUT2D eigenvalue weighted by Gasteiger charge is -2.15. The fraction of sp³-hybridized carbons (Fsp3) is 0.167. The van der Waals surface area contributed by atoms with Crippen LogP contribution in [0.25, 0.3) is 11.0 Å². The molecule has 29 heavy (non-hydrogen) atoms. The van der Waals surface area contributed by atoms with Crippen molar-refractivity contribution < 1.29 is 13.8 Å². The second-order valence-electron chi connectivity index (χ2n) is 7.48. The maximum Gasteiger partial charge on any atom is 0.260 e. The Morgan fingerprint density at radius 1 is 0.966 bits per heavy atom. The van der Waals surface area contributed by atoms with Gasteiger partial charge in [-0.2, -0.15) is 0 Å². The van der Waals surface area contributed by atoms with Crippen molar-refractivity contribution in [2.75, 3.05) is 11.4 Å². The summed E-state index contributed by atoms with van der Waals surface area (Å²) in [7, 11) is 0. The Morgan fingerprint density at radius 3 is 2.48 bits per heavy atom. The van der Waals surface area contributed by atoms with Gasteiger partial charge in [0.15, 0.2) is 11.0 Å². The van der Waals surface area contributed by atoms with Crippen LogP contribution in [0.1, 0.15) is 23.7 Å². The van der Waals surface area contributed by atoms with E-state index in [2.05, 4.69) is 15.6 Å². The van der Waals surface area contributed by atoms with Gasteiger partial charge in [-0.25, -0.2) is 13.9 Å². The summed E-state index contributed by atoms with van der Waals surface area (Å²) >= 11 is 0. The number of aromatic amines is 1. The third-order valence-electron chi connectivity index (χ3n) is 5.58. The second kappa shape index (κ2) is 7.17. The average Bonchev–Trinajstić information content (AvgIpc) is 3.31. The number of aromatic nitrogens is 2. The van der Waals surface area contributed by atoms with Crippen molar-refractivity contribution >= 4 is 22.6 Å². The molecule has 5 heteroatoms. The molecular formula is C24H21FN3O+. The van der Waals surface area contributed by atoms with Crippen molar-refractivity contribution in [1.82, 2.24) is 4.98 Å². The van der Waals surface area contributed by atoms with E-state index in [1.165, 1.54) is 12.1 Å². The highest BCUT2D eigenvalue weighted by Crippen LogP contribution is 2.31. The normalized spacial score (nSPS) is 16.7. The molecule has 3 aromatic carbocycles. The molecule has 4 aromatic rings. The number of rotatable bonds is 4. The maximum absolute atomic E-state index is 13.3. The van der Waals surface area contributed by atoms with Crippen LogP contribution >= 0.6 is 0 Å². The quantitative estimate of drug-likeness (QED) is 0.526. The van der Waals surface area contributed by atoms with Gasteiger partial charge < -0.3 is 4.90 Å². The first-order chi connectivity index (χ1) is 14.2. The Balaban J connectivity index is 1.53. The fourth-order valence-corrected chi connectivity index (χ4v) is 4.16. The molecular weight excluding hydrogens is 365 g/mol. The molecule has 1 fully saturated rings. The number of anilines is 1. The van der Waals surface area contributed by atoms with Gasteiger partial charge in [-0.3, -0.25) is 4.79 Å². The summed E-state index contributed by atoms with van der Waals surface area (Å²) < 4.78 is 15.6. The van der Waals surface area contributed by atoms with Gasteiger partial charge in [0, 0.05) is 18.7 Å². The molecule has 1 aromatic heterocycles. The predicted molar refractivity (Wildman–Crippen MR) is 110 cm³/mol. The monoisotopic (exact) mass is 386 g/mol. The van der Waals surface area contributed by atoms with Gasteiger partial charge in [-0.05, 0) is 42.0 Å². The lowest BCUT2D eigenvalue weighted by Crippen LogP contribution is -2.39. The van der Waals surface area contributed by atoms with Gasteiger partial charge in [-0.1, -0.05) is 42.5 Å². The lowest BCUT2D eigenvalue weighted by molar-refractivity contribution is -0.671. The zero-order chi connectivity index (χ0) is 19.8. The van der Waals surface area contributed by atoms with E-state index in [0.717, 1.165) is 28.1 Å². The molecule has 5 rings (SSSR count). The van der Waals surface area contributed by atoms with Crippen molar-refractivity contribution in [2.24, 2.45) is 0 Å². The molecule has 1 N–H and O–H groups in total. The maximum atomic E-state index is 13.3. The van der Waals surface area contributed by atoms with Crippen LogP contribution in [-0.4, -0.2) is 17.4 Å². The summed E-state index contributed by atoms with van der Waals surface area (Å²) in [6.45, 7) is 1.26. The number of halogens is 1. The van der Waals surface area contributed by atoms with Crippen LogP contribution in [0.2, 0.25) is 0 Å². The van der Waals surface area contributed by atoms with Crippen molar-refractivity contribution in [3.05, 3.63) is 96.1 Å². The smallest absolute Gasteiger partial charge is 0.260 e. The van der Waals surface area contributed by atoms with E-state index in [1.54, 1.807) is 0 Å². The van der Waals surface area contributed by atoms with Gasteiger partial charge in [0.1, 0.15) is 12.4 Å². The van der Waals surface area contributed by atoms with Crippen LogP contribution in [0.3, 0.4) is 0 Å². The number of hydrogen-bond acceptors (Lipinski definition) is 1. The van der Waals surface area contributed by atoms with Crippen LogP contribution in [0.15, 0.2) is 78.9 Å². The van der Waals surface area contributed by atoms with Crippen LogP contribution < -0.4 is 9.47 Å². The number of H-pyrrole nitrogens is 1. The van der Waals surface area contributed by atoms with Gasteiger partial charge in [0.25, 0.3) is 5.82 Å². The summed E-state index contributed by atoms with van der Waals surface area (Å²) in [4.78, 5) is 18.1. The number of nitrogens with zero attached hydrogens (tertiary/aromatic N) is 2. The Kier molecular flexibility index (Phi) is 4.35. The summed E-state index contributed by atoms with van der Waals surface area (Å²) in [5.74, 6) is 0.990. The average molecular weight is 386 g/mol. The molecule has 1 aliphatic rings. The van der Waals surface area contributed by atoms with E-state index in [9.17, 15) is 9.18 Å². The van der Waals surface area contributed by atoms with E-state index in [1.807, 2.05) is 65.6 Å². The number of nitrogens with one attached hydrogen (secondary N) is 1. The topological polar surface area (TPSA) is 40.0 Å². The van der Waals surface area contributed by atoms with E-state index in [4.69, 9.17) is 0 Å². The molecule has 4 nitrogen and oxygen atoms in total. The van der Waals surface area contributed by atoms with Crippen LogP contribution in [0, 0.1) is 5.82 Å². The molecule has 0 aliphatic carbocycles. The summed E-state index contributed by atoms with van der Waals surface area (Å²) in [5.41, 5.74) is 4.07. The largest absolute Gasteiger partial charge is 0.311 e.